The molecule has 0 unspecified atom stereocenters. The Kier molecular flexibility index (Phi) is 4.45. The van der Waals surface area contributed by atoms with Crippen molar-refractivity contribution in [2.24, 2.45) is 0 Å². The molecule has 7 heteroatoms. The van der Waals surface area contributed by atoms with Gasteiger partial charge in [-0.2, -0.15) is 0 Å². The molecule has 0 amide bonds. The summed E-state index contributed by atoms with van der Waals surface area (Å²) < 4.78 is 13.5. The van der Waals surface area contributed by atoms with E-state index < -0.39 is 5.97 Å². The molecule has 0 saturated heterocycles. The Morgan fingerprint density at radius 3 is 2.44 bits per heavy atom. The fourth-order valence-electron chi connectivity index (χ4n) is 3.23. The maximum Gasteiger partial charge on any atom is 0.335 e. The van der Waals surface area contributed by atoms with Crippen LogP contribution in [0.3, 0.4) is 0 Å². The van der Waals surface area contributed by atoms with Crippen LogP contribution in [0.2, 0.25) is 0 Å². The van der Waals surface area contributed by atoms with Crippen LogP contribution in [0.25, 0.3) is 11.0 Å². The van der Waals surface area contributed by atoms with Crippen molar-refractivity contribution in [3.63, 3.8) is 0 Å². The highest BCUT2D eigenvalue weighted by atomic mass is 16.6. The number of benzene rings is 2. The van der Waals surface area contributed by atoms with E-state index in [-0.39, 0.29) is 5.56 Å². The summed E-state index contributed by atoms with van der Waals surface area (Å²) in [7, 11) is 4.01. The molecule has 1 aliphatic rings. The summed E-state index contributed by atoms with van der Waals surface area (Å²) in [5.41, 5.74) is 3.12. The van der Waals surface area contributed by atoms with Gasteiger partial charge in [-0.1, -0.05) is 12.1 Å². The van der Waals surface area contributed by atoms with Gasteiger partial charge < -0.3 is 24.0 Å². The molecule has 0 fully saturated rings. The Hall–Kier alpha value is -3.06. The molecule has 27 heavy (non-hydrogen) atoms. The number of aromatic carboxylic acids is 1. The highest BCUT2D eigenvalue weighted by Gasteiger charge is 2.18. The summed E-state index contributed by atoms with van der Waals surface area (Å²) in [5, 5.41) is 9.08. The quantitative estimate of drug-likeness (QED) is 0.747. The fraction of sp³-hybridized carbons (Fsp3) is 0.300. The Balaban J connectivity index is 1.77. The first-order valence-electron chi connectivity index (χ1n) is 8.77. The molecule has 1 aromatic heterocycles. The van der Waals surface area contributed by atoms with Crippen LogP contribution < -0.4 is 9.47 Å². The van der Waals surface area contributed by atoms with E-state index in [1.807, 2.05) is 38.4 Å². The van der Waals surface area contributed by atoms with Gasteiger partial charge in [0.15, 0.2) is 11.5 Å². The number of hydrogen-bond donors (Lipinski definition) is 1. The third kappa shape index (κ3) is 3.46. The predicted molar refractivity (Wildman–Crippen MR) is 101 cm³/mol. The summed E-state index contributed by atoms with van der Waals surface area (Å²) in [6, 6.07) is 10.8. The van der Waals surface area contributed by atoms with E-state index in [0.29, 0.717) is 26.3 Å². The molecule has 140 valence electrons. The number of carboxylic acids is 1. The topological polar surface area (TPSA) is 76.8 Å². The summed E-state index contributed by atoms with van der Waals surface area (Å²) in [4.78, 5) is 17.9. The van der Waals surface area contributed by atoms with Gasteiger partial charge in [0.05, 0.1) is 23.1 Å². The minimum Gasteiger partial charge on any atom is -0.486 e. The van der Waals surface area contributed by atoms with E-state index >= 15 is 0 Å². The second kappa shape index (κ2) is 6.92. The summed E-state index contributed by atoms with van der Waals surface area (Å²) in [5.74, 6) is 1.46. The summed E-state index contributed by atoms with van der Waals surface area (Å²) in [6.45, 7) is 2.36. The van der Waals surface area contributed by atoms with Crippen LogP contribution in [0.15, 0.2) is 36.4 Å². The number of carbonyl (C=O) groups is 1. The number of carboxylic acid groups (broad SMARTS) is 1. The van der Waals surface area contributed by atoms with E-state index in [9.17, 15) is 4.79 Å². The van der Waals surface area contributed by atoms with Crippen molar-refractivity contribution >= 4 is 17.0 Å². The Bertz CT molecular complexity index is 993. The third-order valence-electron chi connectivity index (χ3n) is 4.49. The van der Waals surface area contributed by atoms with Gasteiger partial charge in [-0.15, -0.1) is 0 Å². The fourth-order valence-corrected chi connectivity index (χ4v) is 3.23. The van der Waals surface area contributed by atoms with Crippen LogP contribution in [0.5, 0.6) is 11.5 Å². The second-order valence-corrected chi connectivity index (χ2v) is 6.84. The number of fused-ring (bicyclic) bond motifs is 2. The Morgan fingerprint density at radius 1 is 1.15 bits per heavy atom. The molecule has 3 aromatic rings. The van der Waals surface area contributed by atoms with Crippen LogP contribution in [-0.2, 0) is 13.1 Å². The molecule has 1 N–H and O–H groups in total. The van der Waals surface area contributed by atoms with E-state index in [1.54, 1.807) is 12.1 Å². The average molecular weight is 367 g/mol. The van der Waals surface area contributed by atoms with Crippen LogP contribution in [0, 0.1) is 0 Å². The first-order chi connectivity index (χ1) is 13.0. The maximum atomic E-state index is 11.1. The number of hydrogen-bond acceptors (Lipinski definition) is 5. The maximum absolute atomic E-state index is 11.1. The van der Waals surface area contributed by atoms with Crippen LogP contribution in [0.4, 0.5) is 0 Å². The van der Waals surface area contributed by atoms with Crippen molar-refractivity contribution in [3.05, 3.63) is 53.3 Å². The monoisotopic (exact) mass is 367 g/mol. The lowest BCUT2D eigenvalue weighted by atomic mass is 10.1. The van der Waals surface area contributed by atoms with Crippen molar-refractivity contribution < 1.29 is 19.4 Å². The minimum atomic E-state index is -0.924. The first kappa shape index (κ1) is 17.4. The molecule has 0 saturated carbocycles. The van der Waals surface area contributed by atoms with Crippen molar-refractivity contribution in [1.29, 1.82) is 0 Å². The minimum absolute atomic E-state index is 0.280. The van der Waals surface area contributed by atoms with Gasteiger partial charge in [-0.25, -0.2) is 9.78 Å². The zero-order valence-corrected chi connectivity index (χ0v) is 15.3. The first-order valence-corrected chi connectivity index (χ1v) is 8.77. The molecule has 0 bridgehead atoms. The van der Waals surface area contributed by atoms with Crippen molar-refractivity contribution in [2.75, 3.05) is 27.3 Å². The summed E-state index contributed by atoms with van der Waals surface area (Å²) in [6.07, 6.45) is 0. The standard InChI is InChI=1S/C20H21N3O4/c1-22(2)12-19-21-15-9-17-18(27-8-7-26-17)10-16(15)23(19)11-13-3-5-14(6-4-13)20(24)25/h3-6,9-10H,7-8,11-12H2,1-2H3,(H,24,25). The second-order valence-electron chi connectivity index (χ2n) is 6.84. The van der Waals surface area contributed by atoms with Gasteiger partial charge >= 0.3 is 5.97 Å². The van der Waals surface area contributed by atoms with Gasteiger partial charge in [-0.3, -0.25) is 0 Å². The number of ether oxygens (including phenoxy) is 2. The highest BCUT2D eigenvalue weighted by Crippen LogP contribution is 2.35. The van der Waals surface area contributed by atoms with Gasteiger partial charge in [-0.05, 0) is 31.8 Å². The van der Waals surface area contributed by atoms with Crippen molar-refractivity contribution in [1.82, 2.24) is 14.5 Å². The largest absolute Gasteiger partial charge is 0.486 e. The van der Waals surface area contributed by atoms with Gasteiger partial charge in [0.2, 0.25) is 0 Å². The van der Waals surface area contributed by atoms with Gasteiger partial charge in [0.1, 0.15) is 19.0 Å². The van der Waals surface area contributed by atoms with Crippen molar-refractivity contribution in [3.8, 4) is 11.5 Å². The lowest BCUT2D eigenvalue weighted by Crippen LogP contribution is -2.16. The molecule has 0 atom stereocenters. The van der Waals surface area contributed by atoms with E-state index in [1.165, 1.54) is 0 Å². The summed E-state index contributed by atoms with van der Waals surface area (Å²) >= 11 is 0. The zero-order chi connectivity index (χ0) is 19.0. The normalized spacial score (nSPS) is 13.3. The zero-order valence-electron chi connectivity index (χ0n) is 15.3. The predicted octanol–water partition coefficient (Wildman–Crippen LogP) is 2.62. The van der Waals surface area contributed by atoms with Crippen LogP contribution in [-0.4, -0.2) is 52.8 Å². The van der Waals surface area contributed by atoms with Crippen LogP contribution >= 0.6 is 0 Å². The lowest BCUT2D eigenvalue weighted by molar-refractivity contribution is 0.0697. The van der Waals surface area contributed by atoms with E-state index in [2.05, 4.69) is 9.47 Å². The number of imidazole rings is 1. The number of aromatic nitrogens is 2. The highest BCUT2D eigenvalue weighted by molar-refractivity contribution is 5.87. The smallest absolute Gasteiger partial charge is 0.335 e. The molecule has 0 spiro atoms. The molecular weight excluding hydrogens is 346 g/mol. The van der Waals surface area contributed by atoms with E-state index in [0.717, 1.165) is 33.9 Å². The molecule has 2 heterocycles. The lowest BCUT2D eigenvalue weighted by Gasteiger charge is -2.18. The Labute approximate surface area is 156 Å². The van der Waals surface area contributed by atoms with Crippen molar-refractivity contribution in [2.45, 2.75) is 13.1 Å². The van der Waals surface area contributed by atoms with Gasteiger partial charge in [0, 0.05) is 18.7 Å². The number of nitrogens with zero attached hydrogens (tertiary/aromatic N) is 3. The molecule has 1 aliphatic heterocycles. The molecule has 0 aliphatic carbocycles. The molecule has 2 aromatic carbocycles. The van der Waals surface area contributed by atoms with E-state index in [4.69, 9.17) is 19.6 Å². The molecule has 4 rings (SSSR count). The SMILES string of the molecule is CN(C)Cc1nc2cc3c(cc2n1Cc1ccc(C(=O)O)cc1)OCCO3. The third-order valence-corrected chi connectivity index (χ3v) is 4.49. The van der Waals surface area contributed by atoms with Crippen LogP contribution in [0.1, 0.15) is 21.7 Å². The van der Waals surface area contributed by atoms with Gasteiger partial charge in [0.25, 0.3) is 0 Å². The number of rotatable bonds is 5. The Morgan fingerprint density at radius 2 is 1.81 bits per heavy atom. The average Bonchev–Trinajstić information content (AvgIpc) is 2.96. The molecular formula is C20H21N3O4. The molecule has 0 radical (unpaired) electrons. The molecule has 7 nitrogen and oxygen atoms in total.